The number of alkyl carbamates (subject to hydrolysis) is 2. The second-order valence-electron chi connectivity index (χ2n) is 13.6. The van der Waals surface area contributed by atoms with Crippen molar-refractivity contribution in [3.05, 3.63) is 0 Å². The molecule has 266 valence electrons. The summed E-state index contributed by atoms with van der Waals surface area (Å²) in [5.74, 6) is -0.343. The normalized spacial score (nSPS) is 13.2. The second kappa shape index (κ2) is 21.6. The Balaban J connectivity index is 4.46. The molecule has 0 bridgehead atoms. The van der Waals surface area contributed by atoms with E-state index < -0.39 is 29.4 Å². The molecule has 5 N–H and O–H groups in total. The minimum absolute atomic E-state index is 0.130. The number of hydrogen-bond donors (Lipinski definition) is 4. The SMILES string of the molecule is COC(C)(C)CCOC(C)(C)CCOC(=O)NCCCCC(NC(=O)OCCC(C)(C)OCCC(C)(C)OC)C(=O)NCCN. The maximum absolute atomic E-state index is 12.6. The lowest BCUT2D eigenvalue weighted by molar-refractivity contribution is -0.123. The smallest absolute Gasteiger partial charge is 0.407 e. The Hall–Kier alpha value is -2.19. The Morgan fingerprint density at radius 1 is 0.622 bits per heavy atom. The molecule has 0 rings (SSSR count). The molecule has 0 aliphatic rings. The van der Waals surface area contributed by atoms with Crippen molar-refractivity contribution >= 4 is 18.1 Å². The first-order valence-corrected chi connectivity index (χ1v) is 16.1. The van der Waals surface area contributed by atoms with Gasteiger partial charge >= 0.3 is 12.2 Å². The summed E-state index contributed by atoms with van der Waals surface area (Å²) in [7, 11) is 3.35. The number of nitrogens with one attached hydrogen (secondary N) is 3. The monoisotopic (exact) mass is 648 g/mol. The van der Waals surface area contributed by atoms with Crippen LogP contribution in [0, 0.1) is 0 Å². The molecule has 13 heteroatoms. The topological polar surface area (TPSA) is 169 Å². The maximum Gasteiger partial charge on any atom is 0.407 e. The van der Waals surface area contributed by atoms with Crippen LogP contribution in [0.1, 0.15) is 100 Å². The van der Waals surface area contributed by atoms with Gasteiger partial charge in [0.1, 0.15) is 6.04 Å². The van der Waals surface area contributed by atoms with Crippen molar-refractivity contribution in [2.45, 2.75) is 129 Å². The van der Waals surface area contributed by atoms with Gasteiger partial charge in [-0.15, -0.1) is 0 Å². The minimum atomic E-state index is -0.798. The van der Waals surface area contributed by atoms with Crippen LogP contribution in [-0.4, -0.2) is 107 Å². The summed E-state index contributed by atoms with van der Waals surface area (Å²) in [6.07, 6.45) is 2.83. The lowest BCUT2D eigenvalue weighted by Crippen LogP contribution is -2.48. The molecule has 0 aromatic rings. The van der Waals surface area contributed by atoms with Crippen LogP contribution in [0.5, 0.6) is 0 Å². The highest BCUT2D eigenvalue weighted by Gasteiger charge is 2.25. The summed E-state index contributed by atoms with van der Waals surface area (Å²) in [6, 6.07) is -0.798. The molecule has 13 nitrogen and oxygen atoms in total. The first-order valence-electron chi connectivity index (χ1n) is 16.1. The van der Waals surface area contributed by atoms with E-state index in [1.807, 2.05) is 55.4 Å². The number of amides is 3. The van der Waals surface area contributed by atoms with Gasteiger partial charge in [0.15, 0.2) is 0 Å². The fourth-order valence-corrected chi connectivity index (χ4v) is 3.76. The summed E-state index contributed by atoms with van der Waals surface area (Å²) in [4.78, 5) is 37.2. The lowest BCUT2D eigenvalue weighted by atomic mass is 10.0. The van der Waals surface area contributed by atoms with Gasteiger partial charge in [-0.3, -0.25) is 4.79 Å². The Morgan fingerprint density at radius 2 is 1.09 bits per heavy atom. The third-order valence-corrected chi connectivity index (χ3v) is 7.61. The van der Waals surface area contributed by atoms with E-state index in [0.717, 1.165) is 12.8 Å². The van der Waals surface area contributed by atoms with Crippen LogP contribution in [0.2, 0.25) is 0 Å². The summed E-state index contributed by atoms with van der Waals surface area (Å²) in [5, 5.41) is 8.07. The highest BCUT2D eigenvalue weighted by atomic mass is 16.6. The molecule has 0 saturated carbocycles. The van der Waals surface area contributed by atoms with Gasteiger partial charge in [0.25, 0.3) is 0 Å². The van der Waals surface area contributed by atoms with Crippen LogP contribution in [0.15, 0.2) is 0 Å². The summed E-state index contributed by atoms with van der Waals surface area (Å²) >= 11 is 0. The Morgan fingerprint density at radius 3 is 1.56 bits per heavy atom. The van der Waals surface area contributed by atoms with Gasteiger partial charge in [-0.25, -0.2) is 9.59 Å². The van der Waals surface area contributed by atoms with Gasteiger partial charge in [-0.1, -0.05) is 0 Å². The molecule has 0 aromatic heterocycles. The van der Waals surface area contributed by atoms with Crippen molar-refractivity contribution in [1.29, 1.82) is 0 Å². The molecular weight excluding hydrogens is 584 g/mol. The molecule has 0 aliphatic carbocycles. The van der Waals surface area contributed by atoms with E-state index >= 15 is 0 Å². The van der Waals surface area contributed by atoms with E-state index in [2.05, 4.69) is 16.0 Å². The lowest BCUT2D eigenvalue weighted by Gasteiger charge is -2.28. The van der Waals surface area contributed by atoms with Gasteiger partial charge in [0.05, 0.1) is 48.8 Å². The fraction of sp³-hybridized carbons (Fsp3) is 0.906. The number of hydrogen-bond acceptors (Lipinski definition) is 10. The van der Waals surface area contributed by atoms with Crippen LogP contribution in [0.4, 0.5) is 9.59 Å². The Kier molecular flexibility index (Phi) is 20.5. The number of nitrogens with two attached hydrogens (primary N) is 1. The van der Waals surface area contributed by atoms with Crippen LogP contribution in [0.25, 0.3) is 0 Å². The molecule has 3 amide bonds. The molecule has 0 spiro atoms. The fourth-order valence-electron chi connectivity index (χ4n) is 3.76. The van der Waals surface area contributed by atoms with Crippen molar-refractivity contribution in [3.8, 4) is 0 Å². The predicted octanol–water partition coefficient (Wildman–Crippen LogP) is 4.05. The second-order valence-corrected chi connectivity index (χ2v) is 13.6. The summed E-state index contributed by atoms with van der Waals surface area (Å²) in [6.45, 7) is 18.1. The number of rotatable bonds is 25. The van der Waals surface area contributed by atoms with Crippen molar-refractivity contribution < 1.29 is 42.8 Å². The number of ether oxygens (including phenoxy) is 6. The number of unbranched alkanes of at least 4 members (excludes halogenated alkanes) is 1. The van der Waals surface area contributed by atoms with Crippen molar-refractivity contribution in [2.75, 3.05) is 60.3 Å². The average Bonchev–Trinajstić information content (AvgIpc) is 2.94. The van der Waals surface area contributed by atoms with E-state index in [0.29, 0.717) is 51.9 Å². The molecule has 0 saturated heterocycles. The number of methoxy groups -OCH3 is 2. The minimum Gasteiger partial charge on any atom is -0.449 e. The highest BCUT2D eigenvalue weighted by molar-refractivity contribution is 5.85. The van der Waals surface area contributed by atoms with Gasteiger partial charge in [0.2, 0.25) is 5.91 Å². The van der Waals surface area contributed by atoms with E-state index in [-0.39, 0.29) is 43.4 Å². The zero-order chi connectivity index (χ0) is 34.6. The van der Waals surface area contributed by atoms with Crippen molar-refractivity contribution in [1.82, 2.24) is 16.0 Å². The predicted molar refractivity (Wildman–Crippen MR) is 174 cm³/mol. The quantitative estimate of drug-likeness (QED) is 0.106. The van der Waals surface area contributed by atoms with Gasteiger partial charge in [-0.2, -0.15) is 0 Å². The van der Waals surface area contributed by atoms with Crippen LogP contribution in [0.3, 0.4) is 0 Å². The van der Waals surface area contributed by atoms with E-state index in [1.165, 1.54) is 0 Å². The average molecular weight is 649 g/mol. The Labute approximate surface area is 271 Å². The zero-order valence-corrected chi connectivity index (χ0v) is 29.7. The zero-order valence-electron chi connectivity index (χ0n) is 29.7. The van der Waals surface area contributed by atoms with E-state index in [4.69, 9.17) is 34.2 Å². The number of carbonyl (C=O) groups is 3. The van der Waals surface area contributed by atoms with Crippen molar-refractivity contribution in [2.24, 2.45) is 5.73 Å². The molecular formula is C32H64N4O9. The van der Waals surface area contributed by atoms with Crippen LogP contribution in [-0.2, 0) is 33.2 Å². The summed E-state index contributed by atoms with van der Waals surface area (Å²) < 4.78 is 33.4. The van der Waals surface area contributed by atoms with E-state index in [1.54, 1.807) is 14.2 Å². The molecule has 0 aliphatic heterocycles. The standard InChI is InChI=1S/C32H64N4O9/c1-29(2,40-9)16-23-44-31(5,6)14-21-42-27(38)35-19-12-11-13-25(26(37)34-20-18-33)36-28(39)43-22-15-32(7,8)45-24-17-30(3,4)41-10/h25H,11-24,33H2,1-10H3,(H,34,37)(H,35,38)(H,36,39). The highest BCUT2D eigenvalue weighted by Crippen LogP contribution is 2.20. The summed E-state index contributed by atoms with van der Waals surface area (Å²) in [5.41, 5.74) is 4.04. The Bertz CT molecular complexity index is 850. The first-order chi connectivity index (χ1) is 20.9. The molecule has 0 fully saturated rings. The molecule has 0 radical (unpaired) electrons. The molecule has 0 heterocycles. The van der Waals surface area contributed by atoms with Crippen molar-refractivity contribution in [3.63, 3.8) is 0 Å². The van der Waals surface area contributed by atoms with E-state index in [9.17, 15) is 14.4 Å². The van der Waals surface area contributed by atoms with Gasteiger partial charge < -0.3 is 50.1 Å². The third-order valence-electron chi connectivity index (χ3n) is 7.61. The molecule has 45 heavy (non-hydrogen) atoms. The third kappa shape index (κ3) is 22.9. The van der Waals surface area contributed by atoms with Crippen LogP contribution >= 0.6 is 0 Å². The maximum atomic E-state index is 12.6. The molecule has 1 unspecified atom stereocenters. The number of carbonyl (C=O) groups excluding carboxylic acids is 3. The van der Waals surface area contributed by atoms with Gasteiger partial charge in [0, 0.05) is 46.7 Å². The van der Waals surface area contributed by atoms with Gasteiger partial charge in [-0.05, 0) is 87.5 Å². The first kappa shape index (κ1) is 42.8. The largest absolute Gasteiger partial charge is 0.449 e. The molecule has 1 atom stereocenters. The van der Waals surface area contributed by atoms with Crippen LogP contribution < -0.4 is 21.7 Å². The molecule has 0 aromatic carbocycles.